The fraction of sp³-hybridized carbons (Fsp3) is 0.905. The number of ketones is 1. The van der Waals surface area contributed by atoms with Crippen LogP contribution < -0.4 is 0 Å². The Kier molecular flexibility index (Phi) is 4.11. The zero-order chi connectivity index (χ0) is 18.0. The second kappa shape index (κ2) is 5.74. The van der Waals surface area contributed by atoms with Gasteiger partial charge in [-0.3, -0.25) is 9.59 Å². The van der Waals surface area contributed by atoms with Gasteiger partial charge < -0.3 is 5.11 Å². The summed E-state index contributed by atoms with van der Waals surface area (Å²) in [5, 5.41) is 9.97. The summed E-state index contributed by atoms with van der Waals surface area (Å²) in [5.41, 5.74) is -0.702. The van der Waals surface area contributed by atoms with Gasteiger partial charge in [-0.2, -0.15) is 11.8 Å². The summed E-state index contributed by atoms with van der Waals surface area (Å²) in [7, 11) is 0. The summed E-state index contributed by atoms with van der Waals surface area (Å²) in [6, 6.07) is 0. The molecule has 0 aromatic rings. The first-order valence-corrected chi connectivity index (χ1v) is 11.5. The molecule has 0 amide bonds. The van der Waals surface area contributed by atoms with E-state index in [4.69, 9.17) is 0 Å². The maximum Gasteiger partial charge on any atom is 0.309 e. The number of hydrogen-bond donors (Lipinski definition) is 1. The van der Waals surface area contributed by atoms with Crippen molar-refractivity contribution in [2.45, 2.75) is 65.2 Å². The maximum atomic E-state index is 13.5. The van der Waals surface area contributed by atoms with E-state index in [1.54, 1.807) is 0 Å². The quantitative estimate of drug-likeness (QED) is 0.792. The average molecular weight is 365 g/mol. The van der Waals surface area contributed by atoms with Gasteiger partial charge in [0.05, 0.1) is 5.41 Å². The molecule has 1 N–H and O–H groups in total. The van der Waals surface area contributed by atoms with Gasteiger partial charge in [0.15, 0.2) is 0 Å². The van der Waals surface area contributed by atoms with E-state index in [0.29, 0.717) is 17.6 Å². The standard InChI is InChI=1S/C21H32O3S/c1-19-7-4-8-20(2,18(23)24)15(19)6-10-21-9-5-13(11-16(19)21)14(12-25-3)17(21)22/h13-16H,4-12H2,1-3H3,(H,23,24)/t13-,14+,15-,16-,19+,20+,21-/m0/s1. The van der Waals surface area contributed by atoms with Crippen LogP contribution in [0.15, 0.2) is 0 Å². The van der Waals surface area contributed by atoms with Crippen LogP contribution in [0.2, 0.25) is 0 Å². The first kappa shape index (κ1) is 17.9. The second-order valence-corrected chi connectivity index (χ2v) is 10.8. The van der Waals surface area contributed by atoms with Gasteiger partial charge in [-0.15, -0.1) is 0 Å². The Balaban J connectivity index is 1.73. The highest BCUT2D eigenvalue weighted by Gasteiger charge is 2.68. The van der Waals surface area contributed by atoms with E-state index in [2.05, 4.69) is 13.2 Å². The maximum absolute atomic E-state index is 13.5. The molecule has 2 bridgehead atoms. The number of carboxylic acid groups (broad SMARTS) is 1. The monoisotopic (exact) mass is 364 g/mol. The number of aliphatic carboxylic acids is 1. The van der Waals surface area contributed by atoms with Crippen LogP contribution in [0.5, 0.6) is 0 Å². The van der Waals surface area contributed by atoms with Gasteiger partial charge in [-0.1, -0.05) is 13.3 Å². The van der Waals surface area contributed by atoms with E-state index in [0.717, 1.165) is 44.3 Å². The number of fused-ring (bicyclic) bond motifs is 3. The first-order chi connectivity index (χ1) is 11.8. The van der Waals surface area contributed by atoms with Crippen LogP contribution in [0.4, 0.5) is 0 Å². The Hall–Kier alpha value is -0.510. The van der Waals surface area contributed by atoms with Crippen LogP contribution in [0.1, 0.15) is 65.2 Å². The van der Waals surface area contributed by atoms with Crippen molar-refractivity contribution >= 4 is 23.5 Å². The molecule has 3 nitrogen and oxygen atoms in total. The predicted molar refractivity (Wildman–Crippen MR) is 101 cm³/mol. The lowest BCUT2D eigenvalue weighted by molar-refractivity contribution is -0.202. The minimum absolute atomic E-state index is 0.0301. The number of rotatable bonds is 3. The lowest BCUT2D eigenvalue weighted by Gasteiger charge is -2.67. The molecule has 25 heavy (non-hydrogen) atoms. The molecule has 5 aliphatic carbocycles. The van der Waals surface area contributed by atoms with Crippen molar-refractivity contribution in [1.82, 2.24) is 0 Å². The SMILES string of the molecule is CSC[C@H]1C(=O)[C@]23CC[C@H]1C[C@H]2[C@]1(C)CCC[C@@](C)(C(=O)O)[C@H]1CC3. The van der Waals surface area contributed by atoms with Gasteiger partial charge in [0.25, 0.3) is 0 Å². The van der Waals surface area contributed by atoms with Crippen LogP contribution in [-0.4, -0.2) is 28.9 Å². The number of Topliss-reactive ketones (excluding diaryl/α,β-unsaturated/α-hetero) is 1. The average Bonchev–Trinajstić information content (AvgIpc) is 2.57. The van der Waals surface area contributed by atoms with Crippen LogP contribution in [-0.2, 0) is 9.59 Å². The number of carboxylic acids is 1. The molecule has 0 saturated heterocycles. The summed E-state index contributed by atoms with van der Waals surface area (Å²) in [4.78, 5) is 25.6. The van der Waals surface area contributed by atoms with Gasteiger partial charge in [-0.05, 0) is 81.3 Å². The molecule has 0 unspecified atom stereocenters. The van der Waals surface area contributed by atoms with Crippen LogP contribution >= 0.6 is 11.8 Å². The summed E-state index contributed by atoms with van der Waals surface area (Å²) in [6.07, 6.45) is 10.3. The molecule has 140 valence electrons. The minimum atomic E-state index is -0.619. The molecule has 0 aromatic carbocycles. The Morgan fingerprint density at radius 1 is 1.16 bits per heavy atom. The number of carbonyl (C=O) groups excluding carboxylic acids is 1. The third-order valence-corrected chi connectivity index (χ3v) is 9.74. The summed E-state index contributed by atoms with van der Waals surface area (Å²) in [5.74, 6) is 2.36. The summed E-state index contributed by atoms with van der Waals surface area (Å²) in [6.45, 7) is 4.33. The van der Waals surface area contributed by atoms with Crippen molar-refractivity contribution in [2.24, 2.45) is 39.9 Å². The molecule has 7 atom stereocenters. The topological polar surface area (TPSA) is 54.4 Å². The van der Waals surface area contributed by atoms with Crippen LogP contribution in [0.3, 0.4) is 0 Å². The van der Waals surface area contributed by atoms with E-state index in [1.165, 1.54) is 12.8 Å². The van der Waals surface area contributed by atoms with Crippen molar-refractivity contribution in [1.29, 1.82) is 0 Å². The summed E-state index contributed by atoms with van der Waals surface area (Å²) >= 11 is 1.81. The normalized spacial score (nSPS) is 51.7. The zero-order valence-corrected chi connectivity index (χ0v) is 16.7. The van der Waals surface area contributed by atoms with Crippen LogP contribution in [0, 0.1) is 39.9 Å². The Labute approximate surface area is 155 Å². The molecular weight excluding hydrogens is 332 g/mol. The highest BCUT2D eigenvalue weighted by molar-refractivity contribution is 7.98. The Bertz CT molecular complexity index is 604. The smallest absolute Gasteiger partial charge is 0.309 e. The second-order valence-electron chi connectivity index (χ2n) is 9.84. The highest BCUT2D eigenvalue weighted by atomic mass is 32.2. The summed E-state index contributed by atoms with van der Waals surface area (Å²) < 4.78 is 0. The van der Waals surface area contributed by atoms with Crippen molar-refractivity contribution < 1.29 is 14.7 Å². The number of carbonyl (C=O) groups is 2. The Morgan fingerprint density at radius 2 is 1.88 bits per heavy atom. The van der Waals surface area contributed by atoms with Gasteiger partial charge >= 0.3 is 5.97 Å². The molecule has 5 aliphatic rings. The molecule has 0 aromatic heterocycles. The van der Waals surface area contributed by atoms with E-state index in [-0.39, 0.29) is 22.7 Å². The molecule has 5 saturated carbocycles. The Morgan fingerprint density at radius 3 is 2.56 bits per heavy atom. The molecule has 4 heteroatoms. The van der Waals surface area contributed by atoms with Crippen molar-refractivity contribution in [3.8, 4) is 0 Å². The molecule has 5 fully saturated rings. The van der Waals surface area contributed by atoms with Crippen molar-refractivity contribution in [3.63, 3.8) is 0 Å². The molecular formula is C21H32O3S. The van der Waals surface area contributed by atoms with Gasteiger partial charge in [0.2, 0.25) is 0 Å². The lowest BCUT2D eigenvalue weighted by atomic mass is 9.36. The fourth-order valence-corrected chi connectivity index (χ4v) is 8.64. The van der Waals surface area contributed by atoms with E-state index >= 15 is 0 Å². The highest BCUT2D eigenvalue weighted by Crippen LogP contribution is 2.71. The third kappa shape index (κ3) is 2.18. The van der Waals surface area contributed by atoms with Crippen LogP contribution in [0.25, 0.3) is 0 Å². The number of hydrogen-bond acceptors (Lipinski definition) is 3. The van der Waals surface area contributed by atoms with Crippen molar-refractivity contribution in [3.05, 3.63) is 0 Å². The molecule has 0 aliphatic heterocycles. The first-order valence-electron chi connectivity index (χ1n) is 10.1. The van der Waals surface area contributed by atoms with Crippen molar-refractivity contribution in [2.75, 3.05) is 12.0 Å². The predicted octanol–water partition coefficient (Wildman–Crippen LogP) is 4.64. The molecule has 1 spiro atoms. The van der Waals surface area contributed by atoms with E-state index in [1.807, 2.05) is 18.7 Å². The zero-order valence-electron chi connectivity index (χ0n) is 15.8. The largest absolute Gasteiger partial charge is 0.481 e. The number of thioether (sulfide) groups is 1. The lowest BCUT2D eigenvalue weighted by Crippen LogP contribution is -2.65. The van der Waals surface area contributed by atoms with E-state index < -0.39 is 11.4 Å². The minimum Gasteiger partial charge on any atom is -0.481 e. The third-order valence-electron chi connectivity index (χ3n) is 9.05. The fourth-order valence-electron chi connectivity index (χ4n) is 7.86. The van der Waals surface area contributed by atoms with Gasteiger partial charge in [0.1, 0.15) is 5.78 Å². The van der Waals surface area contributed by atoms with Gasteiger partial charge in [0, 0.05) is 17.1 Å². The van der Waals surface area contributed by atoms with Gasteiger partial charge in [-0.25, -0.2) is 0 Å². The molecule has 0 radical (unpaired) electrons. The molecule has 5 rings (SSSR count). The molecule has 0 heterocycles. The van der Waals surface area contributed by atoms with E-state index in [9.17, 15) is 14.7 Å².